The summed E-state index contributed by atoms with van der Waals surface area (Å²) in [6.07, 6.45) is 0.799. The van der Waals surface area contributed by atoms with Crippen LogP contribution < -0.4 is 14.8 Å². The number of aromatic nitrogens is 1. The SMILES string of the molecule is CC[C@H](C)C(=O)Nc1nc(-c2cc(OC)ccc2OC)cs1. The molecule has 0 spiro atoms. The number of ether oxygens (including phenoxy) is 2. The van der Waals surface area contributed by atoms with Gasteiger partial charge in [-0.15, -0.1) is 11.3 Å². The van der Waals surface area contributed by atoms with Gasteiger partial charge in [0.05, 0.1) is 19.9 Å². The molecule has 5 nitrogen and oxygen atoms in total. The Morgan fingerprint density at radius 3 is 2.77 bits per heavy atom. The Morgan fingerprint density at radius 2 is 2.14 bits per heavy atom. The lowest BCUT2D eigenvalue weighted by Gasteiger charge is -2.09. The van der Waals surface area contributed by atoms with Crippen LogP contribution >= 0.6 is 11.3 Å². The molecular weight excluding hydrogens is 300 g/mol. The highest BCUT2D eigenvalue weighted by atomic mass is 32.1. The minimum absolute atomic E-state index is 0.0130. The van der Waals surface area contributed by atoms with E-state index in [1.807, 2.05) is 37.4 Å². The van der Waals surface area contributed by atoms with Gasteiger partial charge in [-0.2, -0.15) is 0 Å². The van der Waals surface area contributed by atoms with Crippen LogP contribution in [0.2, 0.25) is 0 Å². The number of carbonyl (C=O) groups is 1. The predicted octanol–water partition coefficient (Wildman–Crippen LogP) is 3.81. The summed E-state index contributed by atoms with van der Waals surface area (Å²) in [6, 6.07) is 5.54. The number of hydrogen-bond acceptors (Lipinski definition) is 5. The fourth-order valence-electron chi connectivity index (χ4n) is 1.88. The van der Waals surface area contributed by atoms with E-state index >= 15 is 0 Å². The summed E-state index contributed by atoms with van der Waals surface area (Å²) < 4.78 is 10.6. The van der Waals surface area contributed by atoms with Crippen molar-refractivity contribution < 1.29 is 14.3 Å². The Balaban J connectivity index is 2.26. The Hall–Kier alpha value is -2.08. The molecule has 1 amide bonds. The van der Waals surface area contributed by atoms with E-state index in [1.165, 1.54) is 11.3 Å². The molecule has 2 aromatic rings. The summed E-state index contributed by atoms with van der Waals surface area (Å²) in [4.78, 5) is 16.4. The molecule has 1 atom stereocenters. The van der Waals surface area contributed by atoms with Crippen LogP contribution in [0, 0.1) is 5.92 Å². The number of anilines is 1. The number of rotatable bonds is 6. The van der Waals surface area contributed by atoms with Crippen LogP contribution in [0.5, 0.6) is 11.5 Å². The molecule has 0 aliphatic rings. The van der Waals surface area contributed by atoms with Crippen molar-refractivity contribution in [2.75, 3.05) is 19.5 Å². The van der Waals surface area contributed by atoms with Crippen LogP contribution in [-0.2, 0) is 4.79 Å². The van der Waals surface area contributed by atoms with Crippen LogP contribution in [0.4, 0.5) is 5.13 Å². The third-order valence-electron chi connectivity index (χ3n) is 3.48. The molecule has 0 saturated heterocycles. The number of methoxy groups -OCH3 is 2. The molecule has 0 saturated carbocycles. The van der Waals surface area contributed by atoms with Gasteiger partial charge in [-0.1, -0.05) is 13.8 Å². The van der Waals surface area contributed by atoms with E-state index < -0.39 is 0 Å². The highest BCUT2D eigenvalue weighted by molar-refractivity contribution is 7.14. The Bertz CT molecular complexity index is 655. The van der Waals surface area contributed by atoms with E-state index in [0.29, 0.717) is 10.9 Å². The van der Waals surface area contributed by atoms with Crippen molar-refractivity contribution >= 4 is 22.4 Å². The normalized spacial score (nSPS) is 11.8. The van der Waals surface area contributed by atoms with E-state index in [2.05, 4.69) is 10.3 Å². The molecule has 22 heavy (non-hydrogen) atoms. The Labute approximate surface area is 134 Å². The van der Waals surface area contributed by atoms with Crippen molar-refractivity contribution in [2.45, 2.75) is 20.3 Å². The third-order valence-corrected chi connectivity index (χ3v) is 4.23. The first-order valence-electron chi connectivity index (χ1n) is 7.07. The largest absolute Gasteiger partial charge is 0.497 e. The molecule has 118 valence electrons. The fourth-order valence-corrected chi connectivity index (χ4v) is 2.60. The number of amides is 1. The number of nitrogens with one attached hydrogen (secondary N) is 1. The first-order chi connectivity index (χ1) is 10.6. The monoisotopic (exact) mass is 320 g/mol. The van der Waals surface area contributed by atoms with E-state index in [1.54, 1.807) is 14.2 Å². The number of benzene rings is 1. The standard InChI is InChI=1S/C16H20N2O3S/c1-5-10(2)15(19)18-16-17-13(9-22-16)12-8-11(20-3)6-7-14(12)21-4/h6-10H,5H2,1-4H3,(H,17,18,19)/t10-/m0/s1. The lowest BCUT2D eigenvalue weighted by Crippen LogP contribution is -2.19. The van der Waals surface area contributed by atoms with Gasteiger partial charge in [-0.3, -0.25) is 4.79 Å². The first-order valence-corrected chi connectivity index (χ1v) is 7.95. The van der Waals surface area contributed by atoms with Gasteiger partial charge < -0.3 is 14.8 Å². The van der Waals surface area contributed by atoms with Crippen LogP contribution in [0.3, 0.4) is 0 Å². The zero-order valence-corrected chi connectivity index (χ0v) is 14.0. The van der Waals surface area contributed by atoms with Crippen molar-refractivity contribution in [1.29, 1.82) is 0 Å². The van der Waals surface area contributed by atoms with Gasteiger partial charge in [0.25, 0.3) is 0 Å². The third kappa shape index (κ3) is 3.57. The molecule has 0 fully saturated rings. The molecule has 0 bridgehead atoms. The van der Waals surface area contributed by atoms with Crippen molar-refractivity contribution in [2.24, 2.45) is 5.92 Å². The van der Waals surface area contributed by atoms with Crippen LogP contribution in [0.25, 0.3) is 11.3 Å². The summed E-state index contributed by atoms with van der Waals surface area (Å²) in [7, 11) is 3.23. The van der Waals surface area contributed by atoms with Gasteiger partial charge in [-0.05, 0) is 24.6 Å². The molecule has 2 rings (SSSR count). The van der Waals surface area contributed by atoms with Crippen molar-refractivity contribution in [3.63, 3.8) is 0 Å². The van der Waals surface area contributed by atoms with Gasteiger partial charge in [0.1, 0.15) is 11.5 Å². The predicted molar refractivity (Wildman–Crippen MR) is 88.7 cm³/mol. The van der Waals surface area contributed by atoms with E-state index in [9.17, 15) is 4.79 Å². The second-order valence-electron chi connectivity index (χ2n) is 4.90. The molecule has 1 heterocycles. The molecule has 6 heteroatoms. The Morgan fingerprint density at radius 1 is 1.36 bits per heavy atom. The maximum atomic E-state index is 11.9. The maximum Gasteiger partial charge on any atom is 0.228 e. The van der Waals surface area contributed by atoms with Gasteiger partial charge in [0.15, 0.2) is 5.13 Å². The van der Waals surface area contributed by atoms with Gasteiger partial charge in [0, 0.05) is 16.9 Å². The van der Waals surface area contributed by atoms with Crippen LogP contribution in [0.15, 0.2) is 23.6 Å². The summed E-state index contributed by atoms with van der Waals surface area (Å²) in [6.45, 7) is 3.88. The van der Waals surface area contributed by atoms with Gasteiger partial charge >= 0.3 is 0 Å². The zero-order chi connectivity index (χ0) is 16.1. The molecule has 1 aromatic heterocycles. The summed E-state index contributed by atoms with van der Waals surface area (Å²) in [5.41, 5.74) is 1.59. The van der Waals surface area contributed by atoms with Gasteiger partial charge in [0.2, 0.25) is 5.91 Å². The lowest BCUT2D eigenvalue weighted by atomic mass is 10.1. The smallest absolute Gasteiger partial charge is 0.228 e. The minimum Gasteiger partial charge on any atom is -0.497 e. The van der Waals surface area contributed by atoms with Gasteiger partial charge in [-0.25, -0.2) is 4.98 Å². The van der Waals surface area contributed by atoms with E-state index in [4.69, 9.17) is 9.47 Å². The average molecular weight is 320 g/mol. The van der Waals surface area contributed by atoms with Crippen LogP contribution in [-0.4, -0.2) is 25.1 Å². The second kappa shape index (κ2) is 7.26. The number of hydrogen-bond donors (Lipinski definition) is 1. The molecule has 1 aromatic carbocycles. The second-order valence-corrected chi connectivity index (χ2v) is 5.76. The molecule has 0 aliphatic heterocycles. The molecule has 0 radical (unpaired) electrons. The van der Waals surface area contributed by atoms with Crippen molar-refractivity contribution in [1.82, 2.24) is 4.98 Å². The van der Waals surface area contributed by atoms with Crippen LogP contribution in [0.1, 0.15) is 20.3 Å². The highest BCUT2D eigenvalue weighted by Crippen LogP contribution is 2.35. The van der Waals surface area contributed by atoms with Crippen molar-refractivity contribution in [3.8, 4) is 22.8 Å². The summed E-state index contributed by atoms with van der Waals surface area (Å²) in [5, 5.41) is 5.33. The first kappa shape index (κ1) is 16.3. The van der Waals surface area contributed by atoms with E-state index in [0.717, 1.165) is 23.4 Å². The summed E-state index contributed by atoms with van der Waals surface area (Å²) >= 11 is 1.39. The van der Waals surface area contributed by atoms with E-state index in [-0.39, 0.29) is 11.8 Å². The molecule has 0 aliphatic carbocycles. The summed E-state index contributed by atoms with van der Waals surface area (Å²) in [5.74, 6) is 1.40. The number of nitrogens with zero attached hydrogens (tertiary/aromatic N) is 1. The molecule has 1 N–H and O–H groups in total. The average Bonchev–Trinajstić information content (AvgIpc) is 3.01. The highest BCUT2D eigenvalue weighted by Gasteiger charge is 2.15. The lowest BCUT2D eigenvalue weighted by molar-refractivity contribution is -0.119. The zero-order valence-electron chi connectivity index (χ0n) is 13.2. The molecular formula is C16H20N2O3S. The fraction of sp³-hybridized carbons (Fsp3) is 0.375. The number of carbonyl (C=O) groups excluding carboxylic acids is 1. The minimum atomic E-state index is -0.0290. The molecule has 0 unspecified atom stereocenters. The quantitative estimate of drug-likeness (QED) is 0.879. The maximum absolute atomic E-state index is 11.9. The van der Waals surface area contributed by atoms with Crippen molar-refractivity contribution in [3.05, 3.63) is 23.6 Å². The topological polar surface area (TPSA) is 60.5 Å². The number of thiazole rings is 1. The Kier molecular flexibility index (Phi) is 5.38.